The van der Waals surface area contributed by atoms with Crippen molar-refractivity contribution in [3.63, 3.8) is 0 Å². The molecule has 3 rings (SSSR count). The van der Waals surface area contributed by atoms with Gasteiger partial charge in [0.1, 0.15) is 18.0 Å². The number of hydrogen-bond acceptors (Lipinski definition) is 10. The first-order valence-corrected chi connectivity index (χ1v) is 20.8. The summed E-state index contributed by atoms with van der Waals surface area (Å²) in [6.07, 6.45) is -1.46. The first-order valence-electron chi connectivity index (χ1n) is 13.5. The molecule has 0 saturated carbocycles. The van der Waals surface area contributed by atoms with Crippen LogP contribution in [-0.2, 0) is 27.9 Å². The third-order valence-corrected chi connectivity index (χ3v) is 18.9. The number of rotatable bonds is 7. The first kappa shape index (κ1) is 33.0. The number of aromatic nitrogens is 2. The Morgan fingerprint density at radius 1 is 1.10 bits per heavy atom. The highest BCUT2D eigenvalue weighted by Gasteiger charge is 2.67. The Hall–Kier alpha value is -1.56. The van der Waals surface area contributed by atoms with Gasteiger partial charge >= 0.3 is 5.69 Å². The van der Waals surface area contributed by atoms with Gasteiger partial charge in [0.05, 0.1) is 17.7 Å². The van der Waals surface area contributed by atoms with Crippen molar-refractivity contribution in [2.45, 2.75) is 109 Å². The number of aryl methyl sites for hydroxylation is 1. The molecule has 2 aliphatic rings. The van der Waals surface area contributed by atoms with E-state index in [2.05, 4.69) is 59.6 Å². The van der Waals surface area contributed by atoms with Crippen molar-refractivity contribution in [1.29, 1.82) is 0 Å². The highest BCUT2D eigenvalue weighted by molar-refractivity contribution is 7.90. The number of hydrogen-bond donors (Lipinski definition) is 1. The van der Waals surface area contributed by atoms with E-state index in [1.165, 1.54) is 4.57 Å². The Morgan fingerprint density at radius 2 is 1.65 bits per heavy atom. The Labute approximate surface area is 241 Å². The fourth-order valence-corrected chi connectivity index (χ4v) is 7.91. The van der Waals surface area contributed by atoms with Crippen LogP contribution in [0.3, 0.4) is 0 Å². The SMILES string of the molecule is Cc1cn([C@@H]2O[C@H](CO[Si](C)(C)C(C)(C)C)[C@@]3(OS(=O)(=O)C=C3N)[C@H]2O[Si](C)(C)C(C)(C)C)c(=O)nc1N(C)C. The zero-order chi connectivity index (χ0) is 30.9. The van der Waals surface area contributed by atoms with Gasteiger partial charge in [0.15, 0.2) is 28.5 Å². The summed E-state index contributed by atoms with van der Waals surface area (Å²) >= 11 is 0. The predicted octanol–water partition coefficient (Wildman–Crippen LogP) is 3.83. The van der Waals surface area contributed by atoms with E-state index in [4.69, 9.17) is 23.5 Å². The largest absolute Gasteiger partial charge is 0.414 e. The van der Waals surface area contributed by atoms with E-state index in [1.807, 2.05) is 20.0 Å². The fourth-order valence-electron chi connectivity index (χ4n) is 4.41. The molecule has 1 aromatic heterocycles. The maximum Gasteiger partial charge on any atom is 0.351 e. The van der Waals surface area contributed by atoms with Crippen LogP contribution in [0.2, 0.25) is 36.3 Å². The molecule has 4 atom stereocenters. The molecule has 0 radical (unpaired) electrons. The van der Waals surface area contributed by atoms with Gasteiger partial charge in [-0.3, -0.25) is 4.57 Å². The summed E-state index contributed by atoms with van der Waals surface area (Å²) < 4.78 is 53.0. The van der Waals surface area contributed by atoms with E-state index in [9.17, 15) is 13.2 Å². The molecule has 2 aliphatic heterocycles. The molecule has 0 aromatic carbocycles. The molecule has 1 aromatic rings. The lowest BCUT2D eigenvalue weighted by Gasteiger charge is -2.43. The van der Waals surface area contributed by atoms with Crippen LogP contribution in [0, 0.1) is 6.92 Å². The molecule has 1 saturated heterocycles. The van der Waals surface area contributed by atoms with Crippen LogP contribution in [0.15, 0.2) is 22.1 Å². The molecule has 2 N–H and O–H groups in total. The zero-order valence-corrected chi connectivity index (χ0v) is 29.1. The van der Waals surface area contributed by atoms with Gasteiger partial charge < -0.3 is 24.2 Å². The summed E-state index contributed by atoms with van der Waals surface area (Å²) in [7, 11) is -5.45. The van der Waals surface area contributed by atoms with Crippen molar-refractivity contribution in [1.82, 2.24) is 9.55 Å². The van der Waals surface area contributed by atoms with Crippen LogP contribution >= 0.6 is 0 Å². The van der Waals surface area contributed by atoms with Gasteiger partial charge in [0, 0.05) is 25.9 Å². The fraction of sp³-hybridized carbons (Fsp3) is 0.769. The van der Waals surface area contributed by atoms with Crippen LogP contribution < -0.4 is 16.3 Å². The number of nitrogens with zero attached hydrogens (tertiary/aromatic N) is 3. The van der Waals surface area contributed by atoms with Crippen molar-refractivity contribution >= 4 is 32.6 Å². The van der Waals surface area contributed by atoms with Crippen molar-refractivity contribution in [2.75, 3.05) is 25.6 Å². The van der Waals surface area contributed by atoms with Crippen molar-refractivity contribution in [3.05, 3.63) is 33.3 Å². The Bertz CT molecular complexity index is 1330. The quantitative estimate of drug-likeness (QED) is 0.356. The highest BCUT2D eigenvalue weighted by Crippen LogP contribution is 2.52. The summed E-state index contributed by atoms with van der Waals surface area (Å²) in [6.45, 7) is 22.7. The van der Waals surface area contributed by atoms with Crippen molar-refractivity contribution < 1.29 is 26.2 Å². The molecule has 228 valence electrons. The molecule has 14 heteroatoms. The van der Waals surface area contributed by atoms with Crippen LogP contribution in [0.4, 0.5) is 5.82 Å². The Morgan fingerprint density at radius 3 is 2.10 bits per heavy atom. The Kier molecular flexibility index (Phi) is 8.50. The smallest absolute Gasteiger partial charge is 0.351 e. The number of anilines is 1. The second-order valence-electron chi connectivity index (χ2n) is 14.2. The second-order valence-corrected chi connectivity index (χ2v) is 25.1. The average molecular weight is 617 g/mol. The van der Waals surface area contributed by atoms with Crippen molar-refractivity contribution in [2.24, 2.45) is 5.73 Å². The molecule has 0 unspecified atom stereocenters. The van der Waals surface area contributed by atoms with Crippen LogP contribution in [-0.4, -0.2) is 73.1 Å². The van der Waals surface area contributed by atoms with Gasteiger partial charge in [-0.1, -0.05) is 41.5 Å². The number of ether oxygens (including phenoxy) is 1. The predicted molar refractivity (Wildman–Crippen MR) is 162 cm³/mol. The standard InChI is InChI=1S/C26H48N4O7SSi2/c1-17-14-30(23(31)28-21(17)29(8)9)22-20(36-40(12,13)25(5,6)7)26(18(27)16-38(32,33)37-26)19(35-22)15-34-39(10,11)24(2,3)4/h14,16,19-20,22H,15,27H2,1-13H3/t19-,20+,22-,26-/m1/s1. The van der Waals surface area contributed by atoms with E-state index in [0.717, 1.165) is 11.0 Å². The summed E-state index contributed by atoms with van der Waals surface area (Å²) in [6, 6.07) is 0. The normalized spacial score (nSPS) is 27.3. The molecule has 40 heavy (non-hydrogen) atoms. The second kappa shape index (κ2) is 10.3. The minimum absolute atomic E-state index is 0.00531. The van der Waals surface area contributed by atoms with Crippen LogP contribution in [0.25, 0.3) is 0 Å². The van der Waals surface area contributed by atoms with Gasteiger partial charge in [0.2, 0.25) is 0 Å². The summed E-state index contributed by atoms with van der Waals surface area (Å²) in [4.78, 5) is 19.5. The summed E-state index contributed by atoms with van der Waals surface area (Å²) in [5.41, 5.74) is 4.92. The molecule has 1 spiro atoms. The van der Waals surface area contributed by atoms with Crippen LogP contribution in [0.1, 0.15) is 53.3 Å². The van der Waals surface area contributed by atoms with Gasteiger partial charge in [-0.15, -0.1) is 0 Å². The van der Waals surface area contributed by atoms with Crippen LogP contribution in [0.5, 0.6) is 0 Å². The Balaban J connectivity index is 2.25. The minimum Gasteiger partial charge on any atom is -0.414 e. The monoisotopic (exact) mass is 616 g/mol. The van der Waals surface area contributed by atoms with E-state index in [-0.39, 0.29) is 22.4 Å². The van der Waals surface area contributed by atoms with Gasteiger partial charge in [0.25, 0.3) is 10.1 Å². The van der Waals surface area contributed by atoms with E-state index in [0.29, 0.717) is 5.82 Å². The van der Waals surface area contributed by atoms with E-state index in [1.54, 1.807) is 25.2 Å². The molecule has 1 fully saturated rings. The number of nitrogens with two attached hydrogens (primary N) is 1. The minimum atomic E-state index is -4.15. The highest BCUT2D eigenvalue weighted by atomic mass is 32.2. The molecular formula is C26H48N4O7SSi2. The molecule has 0 amide bonds. The molecule has 11 nitrogen and oxygen atoms in total. The third kappa shape index (κ3) is 5.85. The van der Waals surface area contributed by atoms with Crippen molar-refractivity contribution in [3.8, 4) is 0 Å². The zero-order valence-electron chi connectivity index (χ0n) is 26.3. The van der Waals surface area contributed by atoms with E-state index >= 15 is 0 Å². The molecular weight excluding hydrogens is 569 g/mol. The molecule has 0 aliphatic carbocycles. The van der Waals surface area contributed by atoms with Gasteiger partial charge in [-0.05, 0) is 43.2 Å². The lowest BCUT2D eigenvalue weighted by Crippen LogP contribution is -2.59. The third-order valence-electron chi connectivity index (χ3n) is 8.88. The maximum atomic E-state index is 13.4. The average Bonchev–Trinajstić information content (AvgIpc) is 3.18. The summed E-state index contributed by atoms with van der Waals surface area (Å²) in [5.74, 6) is 0.521. The lowest BCUT2D eigenvalue weighted by molar-refractivity contribution is -0.0562. The summed E-state index contributed by atoms with van der Waals surface area (Å²) in [5, 5.41) is 0.555. The van der Waals surface area contributed by atoms with Gasteiger partial charge in [-0.25, -0.2) is 8.98 Å². The van der Waals surface area contributed by atoms with E-state index < -0.39 is 56.5 Å². The first-order chi connectivity index (χ1) is 17.9. The topological polar surface area (TPSA) is 135 Å². The maximum absolute atomic E-state index is 13.4. The van der Waals surface area contributed by atoms with Gasteiger partial charge in [-0.2, -0.15) is 13.4 Å². The molecule has 0 bridgehead atoms. The lowest BCUT2D eigenvalue weighted by atomic mass is 9.89. The molecule has 3 heterocycles.